The molecule has 6 heteroatoms. The molecule has 2 aromatic rings. The molecule has 0 saturated heterocycles. The van der Waals surface area contributed by atoms with E-state index in [0.717, 1.165) is 31.2 Å². The van der Waals surface area contributed by atoms with Gasteiger partial charge in [0.05, 0.1) is 6.10 Å². The van der Waals surface area contributed by atoms with Gasteiger partial charge in [-0.3, -0.25) is 4.79 Å². The number of nitrogens with one attached hydrogen (secondary N) is 1. The molecule has 0 aliphatic carbocycles. The smallest absolute Gasteiger partial charge is 0.326 e. The summed E-state index contributed by atoms with van der Waals surface area (Å²) in [5.74, 6) is -0.898. The molecule has 1 unspecified atom stereocenters. The maximum Gasteiger partial charge on any atom is 0.326 e. The molecule has 2 atom stereocenters. The van der Waals surface area contributed by atoms with Crippen LogP contribution in [0.2, 0.25) is 0 Å². The number of aliphatic hydroxyl groups excluding tert-OH is 1. The summed E-state index contributed by atoms with van der Waals surface area (Å²) in [6.07, 6.45) is 3.42. The van der Waals surface area contributed by atoms with Crippen LogP contribution in [0, 0.1) is 19.3 Å². The van der Waals surface area contributed by atoms with Crippen LogP contribution in [0.25, 0.3) is 0 Å². The lowest BCUT2D eigenvalue weighted by Gasteiger charge is -2.34. The first-order valence-electron chi connectivity index (χ1n) is 13.8. The summed E-state index contributed by atoms with van der Waals surface area (Å²) in [5, 5.41) is 22.1. The van der Waals surface area contributed by atoms with Crippen LogP contribution >= 0.6 is 0 Å². The van der Waals surface area contributed by atoms with E-state index in [9.17, 15) is 14.7 Å². The van der Waals surface area contributed by atoms with Crippen molar-refractivity contribution in [2.24, 2.45) is 5.41 Å². The highest BCUT2D eigenvalue weighted by Gasteiger charge is 2.32. The Kier molecular flexibility index (Phi) is 11.0. The van der Waals surface area contributed by atoms with E-state index in [4.69, 9.17) is 9.84 Å². The zero-order valence-electron chi connectivity index (χ0n) is 24.5. The van der Waals surface area contributed by atoms with Gasteiger partial charge in [-0.2, -0.15) is 0 Å². The van der Waals surface area contributed by atoms with E-state index in [-0.39, 0.29) is 23.5 Å². The van der Waals surface area contributed by atoms with Crippen LogP contribution in [-0.4, -0.2) is 40.8 Å². The highest BCUT2D eigenvalue weighted by molar-refractivity contribution is 5.84. The van der Waals surface area contributed by atoms with Crippen molar-refractivity contribution in [2.45, 2.75) is 105 Å². The molecular weight excluding hydrogens is 478 g/mol. The number of carboxylic acids is 1. The Hall–Kier alpha value is -2.86. The molecule has 2 aromatic carbocycles. The number of benzene rings is 2. The Balaban J connectivity index is 2.23. The Morgan fingerprint density at radius 2 is 1.53 bits per heavy atom. The minimum absolute atomic E-state index is 0.124. The van der Waals surface area contributed by atoms with Crippen molar-refractivity contribution >= 4 is 11.9 Å². The van der Waals surface area contributed by atoms with Crippen LogP contribution in [0.3, 0.4) is 0 Å². The molecule has 2 rings (SSSR count). The quantitative estimate of drug-likeness (QED) is 0.293. The number of ether oxygens (including phenoxy) is 1. The Morgan fingerprint density at radius 1 is 0.947 bits per heavy atom. The molecule has 1 amide bonds. The first-order chi connectivity index (χ1) is 17.8. The molecule has 0 aliphatic heterocycles. The second-order valence-electron chi connectivity index (χ2n) is 11.5. The summed E-state index contributed by atoms with van der Waals surface area (Å²) in [7, 11) is 0. The van der Waals surface area contributed by atoms with E-state index >= 15 is 0 Å². The lowest BCUT2D eigenvalue weighted by Crippen LogP contribution is -2.42. The molecule has 0 spiro atoms. The van der Waals surface area contributed by atoms with Gasteiger partial charge in [0.2, 0.25) is 0 Å². The number of rotatable bonds is 13. The van der Waals surface area contributed by atoms with Crippen molar-refractivity contribution in [3.8, 4) is 5.75 Å². The largest absolute Gasteiger partial charge is 0.484 e. The predicted molar refractivity (Wildman–Crippen MR) is 153 cm³/mol. The number of hydrogen-bond acceptors (Lipinski definition) is 4. The molecule has 210 valence electrons. The van der Waals surface area contributed by atoms with Crippen LogP contribution in [0.4, 0.5) is 0 Å². The van der Waals surface area contributed by atoms with E-state index in [1.807, 2.05) is 13.0 Å². The van der Waals surface area contributed by atoms with Crippen LogP contribution < -0.4 is 10.1 Å². The van der Waals surface area contributed by atoms with Crippen molar-refractivity contribution in [3.63, 3.8) is 0 Å². The number of aliphatic hydroxyl groups is 1. The van der Waals surface area contributed by atoms with Gasteiger partial charge in [0.25, 0.3) is 5.91 Å². The monoisotopic (exact) mass is 525 g/mol. The second kappa shape index (κ2) is 13.3. The zero-order valence-corrected chi connectivity index (χ0v) is 24.5. The number of carbonyl (C=O) groups is 2. The van der Waals surface area contributed by atoms with Gasteiger partial charge in [0, 0.05) is 5.41 Å². The maximum atomic E-state index is 12.2. The first-order valence-corrected chi connectivity index (χ1v) is 13.8. The fraction of sp³-hybridized carbons (Fsp3) is 0.562. The fourth-order valence-corrected chi connectivity index (χ4v) is 5.06. The van der Waals surface area contributed by atoms with E-state index in [1.54, 1.807) is 6.92 Å². The van der Waals surface area contributed by atoms with E-state index in [2.05, 4.69) is 77.2 Å². The summed E-state index contributed by atoms with van der Waals surface area (Å²) in [4.78, 5) is 23.4. The van der Waals surface area contributed by atoms with E-state index in [1.165, 1.54) is 22.3 Å². The normalized spacial score (nSPS) is 13.6. The van der Waals surface area contributed by atoms with Gasteiger partial charge in [0.15, 0.2) is 6.61 Å². The number of aryl methyl sites for hydroxylation is 3. The molecule has 3 N–H and O–H groups in total. The second-order valence-corrected chi connectivity index (χ2v) is 11.5. The average Bonchev–Trinajstić information content (AvgIpc) is 2.86. The Morgan fingerprint density at radius 3 is 2.00 bits per heavy atom. The molecule has 0 aliphatic rings. The van der Waals surface area contributed by atoms with Gasteiger partial charge in [-0.05, 0) is 85.3 Å². The fourth-order valence-electron chi connectivity index (χ4n) is 5.06. The third-order valence-electron chi connectivity index (χ3n) is 7.92. The van der Waals surface area contributed by atoms with Gasteiger partial charge >= 0.3 is 5.97 Å². The lowest BCUT2D eigenvalue weighted by atomic mass is 9.69. The number of carbonyl (C=O) groups excluding carboxylic acids is 1. The van der Waals surface area contributed by atoms with Gasteiger partial charge in [0.1, 0.15) is 11.8 Å². The van der Waals surface area contributed by atoms with Gasteiger partial charge in [-0.25, -0.2) is 4.79 Å². The van der Waals surface area contributed by atoms with Crippen LogP contribution in [0.1, 0.15) is 95.0 Å². The van der Waals surface area contributed by atoms with Crippen LogP contribution in [-0.2, 0) is 21.4 Å². The van der Waals surface area contributed by atoms with Gasteiger partial charge < -0.3 is 20.3 Å². The minimum atomic E-state index is -1.05. The summed E-state index contributed by atoms with van der Waals surface area (Å²) in [6, 6.07) is 11.9. The number of carboxylic acid groups (broad SMARTS) is 1. The first kappa shape index (κ1) is 31.4. The van der Waals surface area contributed by atoms with E-state index < -0.39 is 17.9 Å². The van der Waals surface area contributed by atoms with E-state index in [0.29, 0.717) is 12.2 Å². The molecule has 0 heterocycles. The van der Waals surface area contributed by atoms with Crippen molar-refractivity contribution in [1.29, 1.82) is 0 Å². The predicted octanol–water partition coefficient (Wildman–Crippen LogP) is 6.11. The highest BCUT2D eigenvalue weighted by Crippen LogP contribution is 2.41. The summed E-state index contributed by atoms with van der Waals surface area (Å²) >= 11 is 0. The number of amides is 1. The Labute approximate surface area is 228 Å². The van der Waals surface area contributed by atoms with Crippen LogP contribution in [0.5, 0.6) is 5.75 Å². The molecule has 0 fully saturated rings. The molecule has 6 nitrogen and oxygen atoms in total. The molecule has 0 saturated carbocycles. The lowest BCUT2D eigenvalue weighted by molar-refractivity contribution is -0.142. The van der Waals surface area contributed by atoms with Crippen molar-refractivity contribution < 1.29 is 24.5 Å². The standard InChI is InChI=1S/C32H47NO5/c1-9-26(30(36)37)33-29(35)20-38-27-16-15-25(19-22(27)5)32(10-2,11-3)24-14-12-23(21(4)18-24)13-17-28(34)31(6,7)8/h12,14-16,18-19,26,28,34H,9-11,13,17,20H2,1-8H3,(H,33,35)(H,36,37)/t26?,28-/m0/s1. The summed E-state index contributed by atoms with van der Waals surface area (Å²) < 4.78 is 5.74. The SMILES string of the molecule is CCC(NC(=O)COc1ccc(C(CC)(CC)c2ccc(CC[C@H](O)C(C)(C)C)c(C)c2)cc1C)C(=O)O. The van der Waals surface area contributed by atoms with Crippen molar-refractivity contribution in [3.05, 3.63) is 64.2 Å². The molecule has 0 radical (unpaired) electrons. The molecule has 0 bridgehead atoms. The molecule has 38 heavy (non-hydrogen) atoms. The summed E-state index contributed by atoms with van der Waals surface area (Å²) in [5.41, 5.74) is 5.62. The third kappa shape index (κ3) is 7.59. The van der Waals surface area contributed by atoms with Crippen molar-refractivity contribution in [1.82, 2.24) is 5.32 Å². The van der Waals surface area contributed by atoms with Crippen LogP contribution in [0.15, 0.2) is 36.4 Å². The molecular formula is C32H47NO5. The maximum absolute atomic E-state index is 12.2. The van der Waals surface area contributed by atoms with Gasteiger partial charge in [-0.15, -0.1) is 0 Å². The minimum Gasteiger partial charge on any atom is -0.484 e. The average molecular weight is 526 g/mol. The number of hydrogen-bond donors (Lipinski definition) is 3. The highest BCUT2D eigenvalue weighted by atomic mass is 16.5. The Bertz CT molecular complexity index is 1100. The zero-order chi connectivity index (χ0) is 28.7. The van der Waals surface area contributed by atoms with Crippen molar-refractivity contribution in [2.75, 3.05) is 6.61 Å². The molecule has 0 aromatic heterocycles. The number of aliphatic carboxylic acids is 1. The topological polar surface area (TPSA) is 95.9 Å². The summed E-state index contributed by atoms with van der Waals surface area (Å²) in [6.45, 7) is 16.2. The van der Waals surface area contributed by atoms with Gasteiger partial charge in [-0.1, -0.05) is 71.9 Å². The third-order valence-corrected chi connectivity index (χ3v) is 7.92.